The molecule has 0 aliphatic carbocycles. The van der Waals surface area contributed by atoms with Crippen LogP contribution < -0.4 is 0 Å². The van der Waals surface area contributed by atoms with Crippen LogP contribution in [0.5, 0.6) is 0 Å². The molecule has 0 bridgehead atoms. The molecule has 48 heavy (non-hydrogen) atoms. The van der Waals surface area contributed by atoms with Crippen LogP contribution in [0.25, 0.3) is 82.1 Å². The Hall–Kier alpha value is -6.88. The Morgan fingerprint density at radius 1 is 0.479 bits per heavy atom. The zero-order valence-corrected chi connectivity index (χ0v) is 25.8. The van der Waals surface area contributed by atoms with E-state index >= 15 is 0 Å². The third-order valence-electron chi connectivity index (χ3n) is 9.39. The van der Waals surface area contributed by atoms with Crippen molar-refractivity contribution in [3.63, 3.8) is 0 Å². The molecule has 0 atom stereocenters. The van der Waals surface area contributed by atoms with Crippen LogP contribution >= 0.6 is 0 Å². The Bertz CT molecular complexity index is 2680. The maximum absolute atomic E-state index is 10.4. The van der Waals surface area contributed by atoms with Crippen molar-refractivity contribution < 1.29 is 0 Å². The number of aromatic nitrogens is 2. The molecule has 0 saturated carbocycles. The summed E-state index contributed by atoms with van der Waals surface area (Å²) in [5, 5.41) is 15.1. The van der Waals surface area contributed by atoms with Gasteiger partial charge in [-0.3, -0.25) is 0 Å². The second-order valence-corrected chi connectivity index (χ2v) is 12.0. The molecule has 0 radical (unpaired) electrons. The lowest BCUT2D eigenvalue weighted by Crippen LogP contribution is -1.99. The summed E-state index contributed by atoms with van der Waals surface area (Å²) in [6, 6.07) is 56.8. The topological polar surface area (TPSA) is 38.0 Å². The highest BCUT2D eigenvalue weighted by Gasteiger charge is 2.19. The Kier molecular flexibility index (Phi) is 6.22. The Labute approximate surface area is 277 Å². The van der Waals surface area contributed by atoms with Gasteiger partial charge in [-0.2, -0.15) is 5.26 Å². The number of rotatable bonds is 4. The van der Waals surface area contributed by atoms with Crippen molar-refractivity contribution in [2.24, 2.45) is 0 Å². The second-order valence-electron chi connectivity index (χ2n) is 12.0. The molecule has 0 N–H and O–H groups in total. The van der Waals surface area contributed by atoms with Crippen LogP contribution in [-0.4, -0.2) is 9.13 Å². The van der Waals surface area contributed by atoms with Crippen LogP contribution in [0.2, 0.25) is 0 Å². The normalized spacial score (nSPS) is 11.3. The molecule has 4 nitrogen and oxygen atoms in total. The molecule has 4 heteroatoms. The number of nitrogens with zero attached hydrogens (tertiary/aromatic N) is 4. The minimum atomic E-state index is 0.437. The molecule has 0 aliphatic heterocycles. The smallest absolute Gasteiger partial charge is 0.190 e. The number of nitriles is 1. The molecular weight excluding hydrogens is 585 g/mol. The monoisotopic (exact) mass is 610 g/mol. The lowest BCUT2D eigenvalue weighted by atomic mass is 9.95. The summed E-state index contributed by atoms with van der Waals surface area (Å²) >= 11 is 0. The molecule has 2 aromatic heterocycles. The summed E-state index contributed by atoms with van der Waals surface area (Å²) in [5.74, 6) is 0. The summed E-state index contributed by atoms with van der Waals surface area (Å²) in [7, 11) is 0. The summed E-state index contributed by atoms with van der Waals surface area (Å²) in [6.45, 7) is 7.81. The number of hydrogen-bond donors (Lipinski definition) is 0. The van der Waals surface area contributed by atoms with Crippen molar-refractivity contribution in [3.8, 4) is 39.7 Å². The van der Waals surface area contributed by atoms with Gasteiger partial charge in [0.05, 0.1) is 40.3 Å². The highest BCUT2D eigenvalue weighted by atomic mass is 15.0. The van der Waals surface area contributed by atoms with Crippen molar-refractivity contribution in [1.29, 1.82) is 5.26 Å². The van der Waals surface area contributed by atoms with E-state index in [0.717, 1.165) is 55.4 Å². The summed E-state index contributed by atoms with van der Waals surface area (Å²) < 4.78 is 4.51. The molecule has 222 valence electrons. The van der Waals surface area contributed by atoms with E-state index in [1.807, 2.05) is 30.3 Å². The number of fused-ring (bicyclic) bond motifs is 6. The zero-order chi connectivity index (χ0) is 32.2. The molecule has 0 unspecified atom stereocenters. The number of para-hydroxylation sites is 4. The van der Waals surface area contributed by atoms with Crippen molar-refractivity contribution >= 4 is 49.3 Å². The van der Waals surface area contributed by atoms with Gasteiger partial charge in [0.15, 0.2) is 5.69 Å². The number of hydrogen-bond acceptors (Lipinski definition) is 1. The molecule has 7 aromatic carbocycles. The van der Waals surface area contributed by atoms with Crippen LogP contribution in [0.1, 0.15) is 5.56 Å². The Morgan fingerprint density at radius 2 is 0.896 bits per heavy atom. The fourth-order valence-corrected chi connectivity index (χ4v) is 7.26. The maximum Gasteiger partial charge on any atom is 0.190 e. The second kappa shape index (κ2) is 10.9. The van der Waals surface area contributed by atoms with E-state index in [1.165, 1.54) is 21.8 Å². The van der Waals surface area contributed by atoms with Gasteiger partial charge in [0.1, 0.15) is 0 Å². The van der Waals surface area contributed by atoms with E-state index in [0.29, 0.717) is 11.3 Å². The third kappa shape index (κ3) is 4.14. The average molecular weight is 611 g/mol. The van der Waals surface area contributed by atoms with E-state index in [1.54, 1.807) is 6.07 Å². The van der Waals surface area contributed by atoms with Crippen molar-refractivity contribution in [3.05, 3.63) is 175 Å². The minimum absolute atomic E-state index is 0.437. The predicted molar refractivity (Wildman–Crippen MR) is 197 cm³/mol. The van der Waals surface area contributed by atoms with E-state index in [-0.39, 0.29) is 0 Å². The minimum Gasteiger partial charge on any atom is -0.310 e. The van der Waals surface area contributed by atoms with E-state index in [2.05, 4.69) is 141 Å². The largest absolute Gasteiger partial charge is 0.310 e. The van der Waals surface area contributed by atoms with E-state index in [9.17, 15) is 5.26 Å². The van der Waals surface area contributed by atoms with Gasteiger partial charge in [0.2, 0.25) is 0 Å². The first kappa shape index (κ1) is 27.4. The van der Waals surface area contributed by atoms with Crippen LogP contribution in [0.3, 0.4) is 0 Å². The van der Waals surface area contributed by atoms with Gasteiger partial charge in [0.25, 0.3) is 0 Å². The first-order valence-corrected chi connectivity index (χ1v) is 15.9. The molecule has 9 aromatic rings. The van der Waals surface area contributed by atoms with Gasteiger partial charge in [-0.1, -0.05) is 109 Å². The van der Waals surface area contributed by atoms with Crippen LogP contribution in [0.4, 0.5) is 5.69 Å². The van der Waals surface area contributed by atoms with Gasteiger partial charge in [0, 0.05) is 38.5 Å². The fraction of sp³-hybridized carbons (Fsp3) is 0. The van der Waals surface area contributed by atoms with Crippen LogP contribution in [0, 0.1) is 17.9 Å². The van der Waals surface area contributed by atoms with Gasteiger partial charge < -0.3 is 9.13 Å². The van der Waals surface area contributed by atoms with Gasteiger partial charge >= 0.3 is 0 Å². The molecule has 0 amide bonds. The highest BCUT2D eigenvalue weighted by Crippen LogP contribution is 2.40. The molecule has 0 saturated heterocycles. The van der Waals surface area contributed by atoms with Crippen molar-refractivity contribution in [2.75, 3.05) is 0 Å². The quantitative estimate of drug-likeness (QED) is 0.183. The van der Waals surface area contributed by atoms with Crippen LogP contribution in [-0.2, 0) is 0 Å². The first-order valence-electron chi connectivity index (χ1n) is 15.9. The standard InChI is InChI=1S/C44H26N4/c1-46-33-26-32(28-45)44(43(27-33)48-41-16-8-4-12-37(41)38-13-5-9-17-42(38)48)31-20-18-29(19-21-31)30-22-24-34(25-23-30)47-39-14-6-2-10-35(39)36-11-3-7-15-40(36)47/h2-27H. The molecule has 0 spiro atoms. The average Bonchev–Trinajstić information content (AvgIpc) is 3.67. The predicted octanol–water partition coefficient (Wildman–Crippen LogP) is 11.6. The SMILES string of the molecule is [C-]#[N+]c1cc(C#N)c(-c2ccc(-c3ccc(-n4c5ccccc5c5ccccc54)cc3)cc2)c(-n2c3ccccc3c3ccccc32)c1. The van der Waals surface area contributed by atoms with E-state index in [4.69, 9.17) is 6.57 Å². The molecule has 0 aliphatic rings. The van der Waals surface area contributed by atoms with Gasteiger partial charge in [-0.25, -0.2) is 4.85 Å². The van der Waals surface area contributed by atoms with Gasteiger partial charge in [-0.05, 0) is 65.2 Å². The third-order valence-corrected chi connectivity index (χ3v) is 9.39. The van der Waals surface area contributed by atoms with Crippen molar-refractivity contribution in [2.45, 2.75) is 0 Å². The summed E-state index contributed by atoms with van der Waals surface area (Å²) in [6.07, 6.45) is 0. The maximum atomic E-state index is 10.4. The van der Waals surface area contributed by atoms with Gasteiger partial charge in [-0.15, -0.1) is 0 Å². The molecule has 2 heterocycles. The first-order chi connectivity index (χ1) is 23.7. The zero-order valence-electron chi connectivity index (χ0n) is 25.8. The summed E-state index contributed by atoms with van der Waals surface area (Å²) in [4.78, 5) is 3.74. The Morgan fingerprint density at radius 3 is 1.35 bits per heavy atom. The lowest BCUT2D eigenvalue weighted by Gasteiger charge is -2.17. The molecule has 9 rings (SSSR count). The lowest BCUT2D eigenvalue weighted by molar-refractivity contribution is 1.18. The summed E-state index contributed by atoms with van der Waals surface area (Å²) in [5.41, 5.74) is 11.2. The fourth-order valence-electron chi connectivity index (χ4n) is 7.26. The van der Waals surface area contributed by atoms with Crippen molar-refractivity contribution in [1.82, 2.24) is 9.13 Å². The number of benzene rings is 7. The molecular formula is C44H26N4. The Balaban J connectivity index is 1.16. The van der Waals surface area contributed by atoms with Crippen LogP contribution in [0.15, 0.2) is 158 Å². The molecule has 0 fully saturated rings. The van der Waals surface area contributed by atoms with E-state index < -0.39 is 0 Å². The highest BCUT2D eigenvalue weighted by molar-refractivity contribution is 6.10.